The zero-order chi connectivity index (χ0) is 21.3. The summed E-state index contributed by atoms with van der Waals surface area (Å²) < 4.78 is 10.8. The summed E-state index contributed by atoms with van der Waals surface area (Å²) in [6, 6.07) is -0.154. The Morgan fingerprint density at radius 2 is 1.82 bits per heavy atom. The first-order valence-electron chi connectivity index (χ1n) is 9.99. The van der Waals surface area contributed by atoms with Crippen LogP contribution in [-0.2, 0) is 23.9 Å². The number of esters is 2. The van der Waals surface area contributed by atoms with Gasteiger partial charge in [-0.05, 0) is 46.5 Å². The van der Waals surface area contributed by atoms with Crippen LogP contribution < -0.4 is 0 Å². The quantitative estimate of drug-likeness (QED) is 0.418. The maximum absolute atomic E-state index is 13.0. The fraction of sp³-hybridized carbons (Fsp3) is 0.682. The minimum Gasteiger partial charge on any atom is -0.463 e. The molecule has 1 heterocycles. The molecule has 28 heavy (non-hydrogen) atoms. The van der Waals surface area contributed by atoms with E-state index < -0.39 is 17.5 Å². The van der Waals surface area contributed by atoms with Gasteiger partial charge < -0.3 is 14.4 Å². The van der Waals surface area contributed by atoms with Gasteiger partial charge in [-0.3, -0.25) is 14.4 Å². The number of rotatable bonds is 10. The molecule has 1 aliphatic rings. The van der Waals surface area contributed by atoms with Crippen LogP contribution in [0.5, 0.6) is 0 Å². The summed E-state index contributed by atoms with van der Waals surface area (Å²) in [7, 11) is 0. The molecule has 1 fully saturated rings. The Morgan fingerprint density at radius 3 is 2.39 bits per heavy atom. The van der Waals surface area contributed by atoms with Gasteiger partial charge >= 0.3 is 11.9 Å². The summed E-state index contributed by atoms with van der Waals surface area (Å²) in [5, 5.41) is 0. The smallest absolute Gasteiger partial charge is 0.309 e. The highest BCUT2D eigenvalue weighted by Crippen LogP contribution is 2.24. The summed E-state index contributed by atoms with van der Waals surface area (Å²) in [5.74, 6) is -1.54. The molecule has 6 heteroatoms. The highest BCUT2D eigenvalue weighted by Gasteiger charge is 2.35. The molecule has 0 N–H and O–H groups in total. The van der Waals surface area contributed by atoms with E-state index in [-0.39, 0.29) is 36.9 Å². The van der Waals surface area contributed by atoms with E-state index in [0.29, 0.717) is 19.4 Å². The second-order valence-corrected chi connectivity index (χ2v) is 8.40. The van der Waals surface area contributed by atoms with Crippen molar-refractivity contribution in [2.24, 2.45) is 11.8 Å². The van der Waals surface area contributed by atoms with Gasteiger partial charge in [0, 0.05) is 6.54 Å². The fourth-order valence-corrected chi connectivity index (χ4v) is 3.26. The van der Waals surface area contributed by atoms with E-state index in [0.717, 1.165) is 12.8 Å². The largest absolute Gasteiger partial charge is 0.463 e. The van der Waals surface area contributed by atoms with Gasteiger partial charge in [0.2, 0.25) is 5.91 Å². The Hall–Kier alpha value is -2.11. The van der Waals surface area contributed by atoms with E-state index in [1.807, 2.05) is 0 Å². The van der Waals surface area contributed by atoms with Gasteiger partial charge in [0.1, 0.15) is 12.2 Å². The van der Waals surface area contributed by atoms with Crippen LogP contribution >= 0.6 is 0 Å². The van der Waals surface area contributed by atoms with E-state index in [4.69, 9.17) is 9.47 Å². The predicted molar refractivity (Wildman–Crippen MR) is 108 cm³/mol. The molecule has 158 valence electrons. The molecule has 0 saturated carbocycles. The van der Waals surface area contributed by atoms with Crippen molar-refractivity contribution in [1.82, 2.24) is 4.90 Å². The molecule has 6 nitrogen and oxygen atoms in total. The van der Waals surface area contributed by atoms with Gasteiger partial charge in [0.25, 0.3) is 0 Å². The zero-order valence-corrected chi connectivity index (χ0v) is 17.7. The lowest BCUT2D eigenvalue weighted by Gasteiger charge is -2.29. The lowest BCUT2D eigenvalue weighted by molar-refractivity contribution is -0.159. The third-order valence-electron chi connectivity index (χ3n) is 4.63. The number of carbonyl (C=O) groups is 3. The van der Waals surface area contributed by atoms with Crippen molar-refractivity contribution < 1.29 is 23.9 Å². The van der Waals surface area contributed by atoms with Crippen molar-refractivity contribution >= 4 is 17.8 Å². The van der Waals surface area contributed by atoms with Crippen LogP contribution in [0.3, 0.4) is 0 Å². The molecule has 1 aliphatic heterocycles. The molecule has 0 unspecified atom stereocenters. The number of hydrogen-bond donors (Lipinski definition) is 0. The molecular weight excluding hydrogens is 358 g/mol. The zero-order valence-electron chi connectivity index (χ0n) is 17.7. The van der Waals surface area contributed by atoms with Crippen molar-refractivity contribution in [3.8, 4) is 0 Å². The van der Waals surface area contributed by atoms with Crippen LogP contribution in [-0.4, -0.2) is 47.5 Å². The van der Waals surface area contributed by atoms with Gasteiger partial charge in [-0.1, -0.05) is 19.1 Å². The van der Waals surface area contributed by atoms with Gasteiger partial charge in [0.15, 0.2) is 0 Å². The van der Waals surface area contributed by atoms with Gasteiger partial charge in [-0.2, -0.15) is 0 Å². The molecule has 0 bridgehead atoms. The predicted octanol–water partition coefficient (Wildman–Crippen LogP) is 3.66. The number of likely N-dealkylation sites (tertiary alicyclic amines) is 1. The van der Waals surface area contributed by atoms with E-state index in [2.05, 4.69) is 13.2 Å². The van der Waals surface area contributed by atoms with Gasteiger partial charge in [-0.25, -0.2) is 0 Å². The number of nitrogens with zero attached hydrogens (tertiary/aromatic N) is 1. The first kappa shape index (κ1) is 23.9. The molecule has 0 spiro atoms. The number of ether oxygens (including phenoxy) is 2. The number of carbonyl (C=O) groups excluding carboxylic acids is 3. The number of hydrogen-bond acceptors (Lipinski definition) is 5. The van der Waals surface area contributed by atoms with E-state index in [9.17, 15) is 14.4 Å². The molecule has 0 aromatic heterocycles. The van der Waals surface area contributed by atoms with Crippen LogP contribution in [0, 0.1) is 11.8 Å². The van der Waals surface area contributed by atoms with E-state index in [1.54, 1.807) is 44.7 Å². The number of allylic oxidation sites excluding steroid dienone is 2. The summed E-state index contributed by atoms with van der Waals surface area (Å²) >= 11 is 0. The van der Waals surface area contributed by atoms with Crippen LogP contribution in [0.2, 0.25) is 0 Å². The van der Waals surface area contributed by atoms with Crippen molar-refractivity contribution in [3.63, 3.8) is 0 Å². The molecule has 0 aliphatic carbocycles. The second-order valence-electron chi connectivity index (χ2n) is 8.40. The average molecular weight is 394 g/mol. The lowest BCUT2D eigenvalue weighted by atomic mass is 9.99. The third-order valence-corrected chi connectivity index (χ3v) is 4.63. The van der Waals surface area contributed by atoms with Crippen LogP contribution in [0.25, 0.3) is 0 Å². The molecule has 3 atom stereocenters. The maximum Gasteiger partial charge on any atom is 0.309 e. The SMILES string of the molecule is C=CC[C@@H](CC(=O)OC(C)(C)C)C(=O)N1CCC[C@H]1COC(=O)[C@@H](C)CC=C. The van der Waals surface area contributed by atoms with Crippen LogP contribution in [0.15, 0.2) is 25.3 Å². The van der Waals surface area contributed by atoms with Crippen molar-refractivity contribution in [3.05, 3.63) is 25.3 Å². The first-order valence-corrected chi connectivity index (χ1v) is 9.99. The van der Waals surface area contributed by atoms with E-state index >= 15 is 0 Å². The normalized spacial score (nSPS) is 18.9. The van der Waals surface area contributed by atoms with Crippen molar-refractivity contribution in [1.29, 1.82) is 0 Å². The third kappa shape index (κ3) is 7.87. The Kier molecular flexibility index (Phi) is 9.42. The van der Waals surface area contributed by atoms with Crippen LogP contribution in [0.1, 0.15) is 59.8 Å². The Labute approximate surface area is 168 Å². The molecule has 1 amide bonds. The maximum atomic E-state index is 13.0. The van der Waals surface area contributed by atoms with Crippen LogP contribution in [0.4, 0.5) is 0 Å². The molecular formula is C22H35NO5. The first-order chi connectivity index (χ1) is 13.1. The summed E-state index contributed by atoms with van der Waals surface area (Å²) in [5.41, 5.74) is -0.592. The Balaban J connectivity index is 2.71. The van der Waals surface area contributed by atoms with Crippen molar-refractivity contribution in [2.75, 3.05) is 13.2 Å². The summed E-state index contributed by atoms with van der Waals surface area (Å²) in [6.45, 7) is 15.3. The summed E-state index contributed by atoms with van der Waals surface area (Å²) in [4.78, 5) is 39.0. The standard InChI is InChI=1S/C22H35NO5/c1-7-10-16(3)21(26)27-15-18-12-9-13-23(18)20(25)17(11-8-2)14-19(24)28-22(4,5)6/h7-8,16-18H,1-2,9-15H2,3-6H3/t16-,17-,18-/m0/s1. The highest BCUT2D eigenvalue weighted by atomic mass is 16.6. The molecule has 1 rings (SSSR count). The van der Waals surface area contributed by atoms with Gasteiger partial charge in [0.05, 0.1) is 24.3 Å². The number of amides is 1. The molecule has 0 aromatic carbocycles. The monoisotopic (exact) mass is 393 g/mol. The lowest BCUT2D eigenvalue weighted by Crippen LogP contribution is -2.43. The second kappa shape index (κ2) is 11.0. The van der Waals surface area contributed by atoms with E-state index in [1.165, 1.54) is 0 Å². The Morgan fingerprint density at radius 1 is 1.18 bits per heavy atom. The van der Waals surface area contributed by atoms with Gasteiger partial charge in [-0.15, -0.1) is 13.2 Å². The minimum atomic E-state index is -0.592. The molecule has 0 radical (unpaired) electrons. The minimum absolute atomic E-state index is 0.0154. The summed E-state index contributed by atoms with van der Waals surface area (Å²) in [6.07, 6.45) is 5.94. The average Bonchev–Trinajstić information content (AvgIpc) is 3.05. The highest BCUT2D eigenvalue weighted by molar-refractivity contribution is 5.84. The Bertz CT molecular complexity index is 578. The molecule has 1 saturated heterocycles. The fourth-order valence-electron chi connectivity index (χ4n) is 3.26. The molecule has 0 aromatic rings. The van der Waals surface area contributed by atoms with Crippen molar-refractivity contribution in [2.45, 2.75) is 71.4 Å². The topological polar surface area (TPSA) is 72.9 Å².